The molecule has 3 atom stereocenters. The van der Waals surface area contributed by atoms with Crippen molar-refractivity contribution in [3.05, 3.63) is 35.4 Å². The van der Waals surface area contributed by atoms with Gasteiger partial charge < -0.3 is 5.32 Å². The van der Waals surface area contributed by atoms with E-state index in [1.165, 1.54) is 44.6 Å². The number of hydrogen-bond donors (Lipinski definition) is 1. The fraction of sp³-hybridized carbons (Fsp3) is 0.667. The Bertz CT molecular complexity index is 501. The van der Waals surface area contributed by atoms with Crippen molar-refractivity contribution in [2.75, 3.05) is 32.7 Å². The number of hydrogen-bond acceptors (Lipinski definition) is 3. The minimum absolute atomic E-state index is 0.658. The lowest BCUT2D eigenvalue weighted by Gasteiger charge is -2.44. The van der Waals surface area contributed by atoms with Crippen LogP contribution < -0.4 is 5.32 Å². The molecule has 0 aromatic heterocycles. The summed E-state index contributed by atoms with van der Waals surface area (Å²) in [5.41, 5.74) is 3.08. The van der Waals surface area contributed by atoms with Crippen LogP contribution in [0.2, 0.25) is 0 Å². The zero-order valence-corrected chi connectivity index (χ0v) is 13.1. The summed E-state index contributed by atoms with van der Waals surface area (Å²) in [6, 6.07) is 10.5. The van der Waals surface area contributed by atoms with E-state index in [0.29, 0.717) is 12.0 Å². The van der Waals surface area contributed by atoms with Crippen LogP contribution in [0, 0.1) is 0 Å². The summed E-state index contributed by atoms with van der Waals surface area (Å²) >= 11 is 0. The number of benzene rings is 1. The lowest BCUT2D eigenvalue weighted by molar-refractivity contribution is 0.0544. The Morgan fingerprint density at radius 2 is 2.14 bits per heavy atom. The van der Waals surface area contributed by atoms with Crippen LogP contribution in [0.25, 0.3) is 0 Å². The first kappa shape index (κ1) is 13.7. The molecule has 0 amide bonds. The lowest BCUT2D eigenvalue weighted by Crippen LogP contribution is -2.56. The Morgan fingerprint density at radius 1 is 1.24 bits per heavy atom. The van der Waals surface area contributed by atoms with Crippen molar-refractivity contribution >= 4 is 0 Å². The largest absolute Gasteiger partial charge is 0.312 e. The summed E-state index contributed by atoms with van der Waals surface area (Å²) in [6.07, 6.45) is 2.81. The Labute approximate surface area is 128 Å². The number of piperazine rings is 1. The van der Waals surface area contributed by atoms with Crippen molar-refractivity contribution in [2.45, 2.75) is 44.3 Å². The van der Waals surface area contributed by atoms with E-state index in [0.717, 1.165) is 19.1 Å². The van der Waals surface area contributed by atoms with Crippen molar-refractivity contribution in [3.63, 3.8) is 0 Å². The number of nitrogens with one attached hydrogen (secondary N) is 1. The molecule has 1 N–H and O–H groups in total. The SMILES string of the molecule is CC1CN2CCCC2CN1CC1CNCc2ccccc21. The molecule has 0 saturated carbocycles. The van der Waals surface area contributed by atoms with Crippen molar-refractivity contribution in [1.82, 2.24) is 15.1 Å². The highest BCUT2D eigenvalue weighted by Crippen LogP contribution is 2.29. The van der Waals surface area contributed by atoms with Crippen LogP contribution in [0.5, 0.6) is 0 Å². The smallest absolute Gasteiger partial charge is 0.0224 e. The van der Waals surface area contributed by atoms with E-state index in [1.807, 2.05) is 0 Å². The second-order valence-electron chi connectivity index (χ2n) is 7.12. The first-order valence-electron chi connectivity index (χ1n) is 8.58. The van der Waals surface area contributed by atoms with E-state index in [9.17, 15) is 0 Å². The predicted octanol–water partition coefficient (Wildman–Crippen LogP) is 2.04. The molecule has 3 aliphatic heterocycles. The molecular weight excluding hydrogens is 258 g/mol. The van der Waals surface area contributed by atoms with Crippen LogP contribution in [0.1, 0.15) is 36.8 Å². The van der Waals surface area contributed by atoms with Crippen molar-refractivity contribution in [2.24, 2.45) is 0 Å². The first-order valence-corrected chi connectivity index (χ1v) is 8.58. The standard InChI is InChI=1S/C18H27N3/c1-14-11-20-8-4-6-17(20)13-21(14)12-16-10-19-9-15-5-2-3-7-18(15)16/h2-3,5,7,14,16-17,19H,4,6,8-13H2,1H3. The summed E-state index contributed by atoms with van der Waals surface area (Å²) < 4.78 is 0. The van der Waals surface area contributed by atoms with Gasteiger partial charge in [0, 0.05) is 50.7 Å². The third kappa shape index (κ3) is 2.63. The van der Waals surface area contributed by atoms with Crippen LogP contribution in [-0.2, 0) is 6.54 Å². The van der Waals surface area contributed by atoms with Crippen LogP contribution in [0.4, 0.5) is 0 Å². The fourth-order valence-electron chi connectivity index (χ4n) is 4.53. The minimum atomic E-state index is 0.658. The maximum Gasteiger partial charge on any atom is 0.0224 e. The zero-order valence-electron chi connectivity index (χ0n) is 13.1. The van der Waals surface area contributed by atoms with Gasteiger partial charge in [0.05, 0.1) is 0 Å². The molecule has 3 heterocycles. The molecule has 0 bridgehead atoms. The third-order valence-corrected chi connectivity index (χ3v) is 5.72. The van der Waals surface area contributed by atoms with Gasteiger partial charge in [-0.3, -0.25) is 9.80 Å². The highest BCUT2D eigenvalue weighted by molar-refractivity contribution is 5.33. The number of fused-ring (bicyclic) bond motifs is 2. The van der Waals surface area contributed by atoms with Crippen LogP contribution in [0.15, 0.2) is 24.3 Å². The van der Waals surface area contributed by atoms with Crippen molar-refractivity contribution in [1.29, 1.82) is 0 Å². The quantitative estimate of drug-likeness (QED) is 0.897. The molecule has 3 unspecified atom stereocenters. The van der Waals surface area contributed by atoms with Gasteiger partial charge in [-0.1, -0.05) is 24.3 Å². The number of rotatable bonds is 2. The fourth-order valence-corrected chi connectivity index (χ4v) is 4.53. The van der Waals surface area contributed by atoms with Gasteiger partial charge >= 0.3 is 0 Å². The summed E-state index contributed by atoms with van der Waals surface area (Å²) in [6.45, 7) is 9.68. The monoisotopic (exact) mass is 285 g/mol. The van der Waals surface area contributed by atoms with Crippen molar-refractivity contribution < 1.29 is 0 Å². The summed E-state index contributed by atoms with van der Waals surface area (Å²) in [5, 5.41) is 3.60. The lowest BCUT2D eigenvalue weighted by atomic mass is 9.89. The molecule has 0 spiro atoms. The second-order valence-corrected chi connectivity index (χ2v) is 7.12. The van der Waals surface area contributed by atoms with Gasteiger partial charge in [-0.15, -0.1) is 0 Å². The van der Waals surface area contributed by atoms with Gasteiger partial charge in [0.15, 0.2) is 0 Å². The average Bonchev–Trinajstić information content (AvgIpc) is 2.95. The molecule has 4 rings (SSSR count). The molecule has 1 aromatic carbocycles. The minimum Gasteiger partial charge on any atom is -0.312 e. The molecule has 21 heavy (non-hydrogen) atoms. The molecule has 2 saturated heterocycles. The molecule has 0 aliphatic carbocycles. The molecular formula is C18H27N3. The van der Waals surface area contributed by atoms with Gasteiger partial charge in [-0.05, 0) is 37.4 Å². The maximum atomic E-state index is 3.60. The number of nitrogens with zero attached hydrogens (tertiary/aromatic N) is 2. The van der Waals surface area contributed by atoms with Gasteiger partial charge in [-0.2, -0.15) is 0 Å². The second kappa shape index (κ2) is 5.71. The molecule has 0 radical (unpaired) electrons. The third-order valence-electron chi connectivity index (χ3n) is 5.72. The zero-order chi connectivity index (χ0) is 14.2. The van der Waals surface area contributed by atoms with Crippen LogP contribution in [-0.4, -0.2) is 54.6 Å². The van der Waals surface area contributed by atoms with Gasteiger partial charge in [0.25, 0.3) is 0 Å². The topological polar surface area (TPSA) is 18.5 Å². The molecule has 2 fully saturated rings. The van der Waals surface area contributed by atoms with E-state index in [1.54, 1.807) is 5.56 Å². The summed E-state index contributed by atoms with van der Waals surface area (Å²) in [5.74, 6) is 0.658. The Kier molecular flexibility index (Phi) is 3.74. The van der Waals surface area contributed by atoms with Gasteiger partial charge in [0.1, 0.15) is 0 Å². The molecule has 3 nitrogen and oxygen atoms in total. The van der Waals surface area contributed by atoms with E-state index in [-0.39, 0.29) is 0 Å². The Balaban J connectivity index is 1.49. The maximum absolute atomic E-state index is 3.60. The van der Waals surface area contributed by atoms with E-state index < -0.39 is 0 Å². The summed E-state index contributed by atoms with van der Waals surface area (Å²) in [7, 11) is 0. The van der Waals surface area contributed by atoms with Gasteiger partial charge in [0.2, 0.25) is 0 Å². The average molecular weight is 285 g/mol. The van der Waals surface area contributed by atoms with E-state index in [2.05, 4.69) is 46.3 Å². The van der Waals surface area contributed by atoms with E-state index in [4.69, 9.17) is 0 Å². The normalized spacial score (nSPS) is 33.7. The van der Waals surface area contributed by atoms with Crippen LogP contribution in [0.3, 0.4) is 0 Å². The van der Waals surface area contributed by atoms with Gasteiger partial charge in [-0.25, -0.2) is 0 Å². The van der Waals surface area contributed by atoms with Crippen LogP contribution >= 0.6 is 0 Å². The molecule has 3 aliphatic rings. The van der Waals surface area contributed by atoms with E-state index >= 15 is 0 Å². The first-order chi connectivity index (χ1) is 10.3. The summed E-state index contributed by atoms with van der Waals surface area (Å²) in [4.78, 5) is 5.47. The Hall–Kier alpha value is -0.900. The Morgan fingerprint density at radius 3 is 3.10 bits per heavy atom. The molecule has 1 aromatic rings. The molecule has 114 valence electrons. The molecule has 3 heteroatoms. The van der Waals surface area contributed by atoms with Crippen molar-refractivity contribution in [3.8, 4) is 0 Å². The predicted molar refractivity (Wildman–Crippen MR) is 86.5 cm³/mol. The highest BCUT2D eigenvalue weighted by Gasteiger charge is 2.35. The highest BCUT2D eigenvalue weighted by atomic mass is 15.3.